The number of aromatic amines is 1. The van der Waals surface area contributed by atoms with Crippen molar-refractivity contribution >= 4 is 40.3 Å². The molecule has 1 saturated carbocycles. The summed E-state index contributed by atoms with van der Waals surface area (Å²) in [4.78, 5) is 29.8. The molecule has 0 radical (unpaired) electrons. The Balaban J connectivity index is 0.000000298. The maximum absolute atomic E-state index is 14.7. The highest BCUT2D eigenvalue weighted by Crippen LogP contribution is 2.46. The molecule has 0 spiro atoms. The third-order valence-corrected chi connectivity index (χ3v) is 6.51. The van der Waals surface area contributed by atoms with Crippen LogP contribution in [0.1, 0.15) is 25.3 Å². The van der Waals surface area contributed by atoms with Crippen molar-refractivity contribution in [3.63, 3.8) is 0 Å². The Hall–Kier alpha value is -4.85. The molecular formula is C31H28F2N4O2. The Kier molecular flexibility index (Phi) is 8.15. The lowest BCUT2D eigenvalue weighted by Crippen LogP contribution is -2.21. The minimum absolute atomic E-state index is 0.0249. The Morgan fingerprint density at radius 2 is 1.77 bits per heavy atom. The summed E-state index contributed by atoms with van der Waals surface area (Å²) in [6.45, 7) is 9.49. The standard InChI is InChI=1S/C24H22FN3O.C7H6FNO/c1-4-6-15(5-2)16-11-19-20(14-27-22(19)26-13-16)18-12-17(7-8-21(18)25)28-23(29)24(3)9-10-24;8-6-1-3-7(4-2-6)9-5-10/h4-8,11-14H,1-2,9-10H2,3H3,(H,26,27)(H,28,29);1-5H,(H,9,10)/b15-6+;. The lowest BCUT2D eigenvalue weighted by molar-refractivity contribution is -0.120. The fourth-order valence-electron chi connectivity index (χ4n) is 3.91. The van der Waals surface area contributed by atoms with Crippen molar-refractivity contribution in [3.05, 3.63) is 110 Å². The first-order valence-electron chi connectivity index (χ1n) is 12.3. The van der Waals surface area contributed by atoms with E-state index in [0.29, 0.717) is 34.6 Å². The maximum atomic E-state index is 14.7. The van der Waals surface area contributed by atoms with Crippen LogP contribution in [0.5, 0.6) is 0 Å². The van der Waals surface area contributed by atoms with Gasteiger partial charge in [0.05, 0.1) is 0 Å². The number of nitrogens with one attached hydrogen (secondary N) is 3. The third kappa shape index (κ3) is 6.35. The van der Waals surface area contributed by atoms with Gasteiger partial charge in [0.15, 0.2) is 0 Å². The first-order valence-corrected chi connectivity index (χ1v) is 12.3. The highest BCUT2D eigenvalue weighted by atomic mass is 19.1. The number of allylic oxidation sites excluding steroid dienone is 4. The van der Waals surface area contributed by atoms with Crippen LogP contribution in [-0.4, -0.2) is 22.3 Å². The summed E-state index contributed by atoms with van der Waals surface area (Å²) in [7, 11) is 0. The van der Waals surface area contributed by atoms with E-state index in [1.165, 1.54) is 30.3 Å². The maximum Gasteiger partial charge on any atom is 0.230 e. The molecule has 39 heavy (non-hydrogen) atoms. The number of benzene rings is 2. The monoisotopic (exact) mass is 526 g/mol. The minimum Gasteiger partial charge on any atom is -0.346 e. The molecule has 0 atom stereocenters. The van der Waals surface area contributed by atoms with Gasteiger partial charge < -0.3 is 15.6 Å². The highest BCUT2D eigenvalue weighted by Gasteiger charge is 2.44. The molecule has 2 aromatic carbocycles. The van der Waals surface area contributed by atoms with Gasteiger partial charge >= 0.3 is 0 Å². The molecule has 1 aliphatic rings. The number of hydrogen-bond donors (Lipinski definition) is 3. The average molecular weight is 527 g/mol. The molecule has 2 heterocycles. The number of pyridine rings is 1. The van der Waals surface area contributed by atoms with Crippen LogP contribution < -0.4 is 10.6 Å². The molecule has 0 bridgehead atoms. The largest absolute Gasteiger partial charge is 0.346 e. The average Bonchev–Trinajstić information content (AvgIpc) is 3.56. The molecule has 0 unspecified atom stereocenters. The predicted molar refractivity (Wildman–Crippen MR) is 152 cm³/mol. The van der Waals surface area contributed by atoms with Crippen molar-refractivity contribution in [2.75, 3.05) is 10.6 Å². The summed E-state index contributed by atoms with van der Waals surface area (Å²) < 4.78 is 26.9. The van der Waals surface area contributed by atoms with Gasteiger partial charge in [-0.25, -0.2) is 13.8 Å². The number of amides is 2. The molecule has 0 aliphatic heterocycles. The molecular weight excluding hydrogens is 498 g/mol. The quantitative estimate of drug-likeness (QED) is 0.167. The second-order valence-corrected chi connectivity index (χ2v) is 9.36. The van der Waals surface area contributed by atoms with Gasteiger partial charge in [-0.15, -0.1) is 0 Å². The first-order chi connectivity index (χ1) is 18.8. The highest BCUT2D eigenvalue weighted by molar-refractivity contribution is 5.99. The molecule has 6 nitrogen and oxygen atoms in total. The Morgan fingerprint density at radius 3 is 2.41 bits per heavy atom. The molecule has 4 aromatic rings. The van der Waals surface area contributed by atoms with Gasteiger partial charge in [0, 0.05) is 51.3 Å². The minimum atomic E-state index is -0.363. The zero-order valence-corrected chi connectivity index (χ0v) is 21.4. The van der Waals surface area contributed by atoms with Crippen LogP contribution in [0.15, 0.2) is 92.3 Å². The molecule has 198 valence electrons. The van der Waals surface area contributed by atoms with E-state index in [9.17, 15) is 18.4 Å². The number of aromatic nitrogens is 2. The van der Waals surface area contributed by atoms with Crippen molar-refractivity contribution in [1.29, 1.82) is 0 Å². The van der Waals surface area contributed by atoms with Gasteiger partial charge in [0.1, 0.15) is 17.3 Å². The molecule has 1 fully saturated rings. The molecule has 5 rings (SSSR count). The topological polar surface area (TPSA) is 86.9 Å². The molecule has 1 aliphatic carbocycles. The Labute approximate surface area is 225 Å². The molecule has 0 saturated heterocycles. The van der Waals surface area contributed by atoms with Crippen molar-refractivity contribution in [1.82, 2.24) is 9.97 Å². The van der Waals surface area contributed by atoms with Crippen LogP contribution in [0.25, 0.3) is 27.7 Å². The van der Waals surface area contributed by atoms with Crippen LogP contribution >= 0.6 is 0 Å². The van der Waals surface area contributed by atoms with E-state index in [1.807, 2.05) is 19.1 Å². The van der Waals surface area contributed by atoms with Crippen molar-refractivity contribution in [3.8, 4) is 11.1 Å². The van der Waals surface area contributed by atoms with E-state index in [-0.39, 0.29) is 23.0 Å². The number of nitrogens with zero attached hydrogens (tertiary/aromatic N) is 1. The fourth-order valence-corrected chi connectivity index (χ4v) is 3.91. The smallest absolute Gasteiger partial charge is 0.230 e. The first kappa shape index (κ1) is 27.2. The van der Waals surface area contributed by atoms with Crippen LogP contribution in [-0.2, 0) is 9.59 Å². The van der Waals surface area contributed by atoms with E-state index in [2.05, 4.69) is 33.8 Å². The van der Waals surface area contributed by atoms with Gasteiger partial charge in [0.25, 0.3) is 0 Å². The van der Waals surface area contributed by atoms with E-state index >= 15 is 0 Å². The SMILES string of the molecule is C=C/C=C(\C=C)c1cnc2[nH]cc(-c3cc(NC(=O)C4(C)CC4)ccc3F)c2c1.O=CNc1ccc(F)cc1. The Morgan fingerprint density at radius 1 is 1.05 bits per heavy atom. The van der Waals surface area contributed by atoms with Crippen molar-refractivity contribution < 1.29 is 18.4 Å². The van der Waals surface area contributed by atoms with Crippen LogP contribution in [0.3, 0.4) is 0 Å². The van der Waals surface area contributed by atoms with Gasteiger partial charge in [0.2, 0.25) is 12.3 Å². The van der Waals surface area contributed by atoms with Crippen molar-refractivity contribution in [2.24, 2.45) is 5.41 Å². The summed E-state index contributed by atoms with van der Waals surface area (Å²) in [5.41, 5.74) is 4.36. The van der Waals surface area contributed by atoms with Crippen LogP contribution in [0, 0.1) is 17.0 Å². The molecule has 3 N–H and O–H groups in total. The molecule has 2 aromatic heterocycles. The zero-order chi connectivity index (χ0) is 28.0. The number of carbonyl (C=O) groups excluding carboxylic acids is 2. The van der Waals surface area contributed by atoms with Gasteiger partial charge in [-0.1, -0.05) is 38.3 Å². The van der Waals surface area contributed by atoms with Crippen LogP contribution in [0.4, 0.5) is 20.2 Å². The second kappa shape index (κ2) is 11.7. The number of anilines is 2. The summed E-state index contributed by atoms with van der Waals surface area (Å²) in [5.74, 6) is -0.697. The summed E-state index contributed by atoms with van der Waals surface area (Å²) in [6.07, 6.45) is 11.0. The fraction of sp³-hybridized carbons (Fsp3) is 0.129. The Bertz CT molecular complexity index is 1570. The van der Waals surface area contributed by atoms with Gasteiger partial charge in [-0.2, -0.15) is 0 Å². The summed E-state index contributed by atoms with van der Waals surface area (Å²) in [6, 6.07) is 12.1. The molecule has 2 amide bonds. The van der Waals surface area contributed by atoms with E-state index in [1.54, 1.807) is 36.7 Å². The number of halogens is 2. The summed E-state index contributed by atoms with van der Waals surface area (Å²) in [5, 5.41) is 6.09. The predicted octanol–water partition coefficient (Wildman–Crippen LogP) is 7.26. The number of fused-ring (bicyclic) bond motifs is 1. The van der Waals surface area contributed by atoms with Gasteiger partial charge in [-0.3, -0.25) is 9.59 Å². The van der Waals surface area contributed by atoms with Crippen molar-refractivity contribution in [2.45, 2.75) is 19.8 Å². The van der Waals surface area contributed by atoms with E-state index < -0.39 is 0 Å². The number of rotatable bonds is 8. The third-order valence-electron chi connectivity index (χ3n) is 6.51. The van der Waals surface area contributed by atoms with Gasteiger partial charge in [-0.05, 0) is 66.9 Å². The normalized spacial score (nSPS) is 13.6. The van der Waals surface area contributed by atoms with Crippen LogP contribution in [0.2, 0.25) is 0 Å². The van der Waals surface area contributed by atoms with E-state index in [4.69, 9.17) is 0 Å². The lowest BCUT2D eigenvalue weighted by Gasteiger charge is -2.12. The second-order valence-electron chi connectivity index (χ2n) is 9.36. The zero-order valence-electron chi connectivity index (χ0n) is 21.4. The van der Waals surface area contributed by atoms with E-state index in [0.717, 1.165) is 29.4 Å². The summed E-state index contributed by atoms with van der Waals surface area (Å²) >= 11 is 0. The number of H-pyrrole nitrogens is 1. The molecule has 8 heteroatoms. The lowest BCUT2D eigenvalue weighted by atomic mass is 10.0. The number of hydrogen-bond acceptors (Lipinski definition) is 3. The number of carbonyl (C=O) groups is 2.